The second kappa shape index (κ2) is 6.02. The molecule has 0 saturated carbocycles. The Bertz CT molecular complexity index is 1030. The Morgan fingerprint density at radius 2 is 1.83 bits per heavy atom. The van der Waals surface area contributed by atoms with Crippen molar-refractivity contribution < 1.29 is 14.2 Å². The largest absolute Gasteiger partial charge is 0.569 e. The van der Waals surface area contributed by atoms with Crippen LogP contribution in [0.15, 0.2) is 60.8 Å². The number of rotatable bonds is 4. The van der Waals surface area contributed by atoms with Crippen LogP contribution in [0.4, 0.5) is 0 Å². The third-order valence-electron chi connectivity index (χ3n) is 4.45. The van der Waals surface area contributed by atoms with Gasteiger partial charge in [0.1, 0.15) is 11.3 Å². The number of para-hydroxylation sites is 2. The quantitative estimate of drug-likeness (QED) is 0.449. The van der Waals surface area contributed by atoms with Crippen molar-refractivity contribution in [2.45, 2.75) is 13.5 Å². The van der Waals surface area contributed by atoms with Crippen LogP contribution >= 0.6 is 0 Å². The van der Waals surface area contributed by atoms with Gasteiger partial charge in [-0.1, -0.05) is 30.3 Å². The van der Waals surface area contributed by atoms with E-state index in [1.165, 1.54) is 10.8 Å². The Labute approximate surface area is 140 Å². The molecule has 2 aromatic heterocycles. The molecule has 0 saturated heterocycles. The Kier molecular flexibility index (Phi) is 3.71. The first-order valence-corrected chi connectivity index (χ1v) is 7.88. The topological polar surface area (TPSA) is 49.1 Å². The fraction of sp³-hybridized carbons (Fsp3) is 0.105. The molecule has 0 fully saturated rings. The van der Waals surface area contributed by atoms with Gasteiger partial charge in [-0.25, -0.2) is 0 Å². The first-order valence-electron chi connectivity index (χ1n) is 7.88. The van der Waals surface area contributed by atoms with Crippen molar-refractivity contribution in [2.24, 2.45) is 0 Å². The van der Waals surface area contributed by atoms with Crippen LogP contribution in [0.25, 0.3) is 21.8 Å². The lowest BCUT2D eigenvalue weighted by Gasteiger charge is -2.08. The average molecular weight is 316 g/mol. The minimum atomic E-state index is 0.656. The first kappa shape index (κ1) is 14.8. The molecule has 5 heteroatoms. The van der Waals surface area contributed by atoms with Crippen LogP contribution in [0.1, 0.15) is 11.3 Å². The Hall–Kier alpha value is -2.79. The molecule has 0 unspecified atom stereocenters. The standard InChI is InChI=1S/C19H16BN2O2/c1-13-19-16(15-7-3-4-8-17(15)21-19)10-11-22(13)12-14-6-2-5-9-18(14)24-20-23/h2-11,23H,12H2,1H3/p+1. The first-order chi connectivity index (χ1) is 11.8. The van der Waals surface area contributed by atoms with Gasteiger partial charge in [-0.15, -0.1) is 0 Å². The second-order valence-corrected chi connectivity index (χ2v) is 5.82. The number of aromatic amines is 1. The zero-order valence-electron chi connectivity index (χ0n) is 13.4. The van der Waals surface area contributed by atoms with Crippen molar-refractivity contribution in [3.8, 4) is 5.75 Å². The van der Waals surface area contributed by atoms with Crippen LogP contribution in [-0.2, 0) is 6.54 Å². The van der Waals surface area contributed by atoms with E-state index in [2.05, 4.69) is 46.9 Å². The molecule has 2 N–H and O–H groups in total. The molecule has 117 valence electrons. The fourth-order valence-electron chi connectivity index (χ4n) is 3.20. The van der Waals surface area contributed by atoms with Gasteiger partial charge < -0.3 is 14.7 Å². The van der Waals surface area contributed by atoms with Crippen molar-refractivity contribution in [1.82, 2.24) is 4.98 Å². The van der Waals surface area contributed by atoms with Crippen LogP contribution in [0.2, 0.25) is 0 Å². The lowest BCUT2D eigenvalue weighted by atomic mass is 10.1. The molecule has 1 radical (unpaired) electrons. The van der Waals surface area contributed by atoms with Crippen LogP contribution in [0.5, 0.6) is 5.75 Å². The maximum atomic E-state index is 8.93. The highest BCUT2D eigenvalue weighted by molar-refractivity contribution is 6.17. The maximum Gasteiger partial charge on any atom is 0.569 e. The Morgan fingerprint density at radius 3 is 2.71 bits per heavy atom. The normalized spacial score (nSPS) is 11.1. The van der Waals surface area contributed by atoms with Gasteiger partial charge in [0.05, 0.1) is 5.56 Å². The summed E-state index contributed by atoms with van der Waals surface area (Å²) >= 11 is 0. The van der Waals surface area contributed by atoms with Gasteiger partial charge in [-0.05, 0) is 18.2 Å². The summed E-state index contributed by atoms with van der Waals surface area (Å²) in [5, 5.41) is 11.4. The number of aromatic nitrogens is 2. The van der Waals surface area contributed by atoms with Crippen molar-refractivity contribution in [2.75, 3.05) is 0 Å². The number of fused-ring (bicyclic) bond motifs is 3. The van der Waals surface area contributed by atoms with Gasteiger partial charge >= 0.3 is 7.69 Å². The summed E-state index contributed by atoms with van der Waals surface area (Å²) in [5.41, 5.74) is 4.45. The Morgan fingerprint density at radius 1 is 1.04 bits per heavy atom. The number of pyridine rings is 1. The number of benzene rings is 2. The predicted octanol–water partition coefficient (Wildman–Crippen LogP) is 2.87. The Balaban J connectivity index is 1.81. The van der Waals surface area contributed by atoms with Gasteiger partial charge in [0, 0.05) is 29.3 Å². The minimum Gasteiger partial charge on any atom is -0.537 e. The highest BCUT2D eigenvalue weighted by Gasteiger charge is 2.17. The molecule has 0 bridgehead atoms. The molecule has 0 amide bonds. The van der Waals surface area contributed by atoms with Crippen LogP contribution in [0.3, 0.4) is 0 Å². The molecule has 0 spiro atoms. The predicted molar refractivity (Wildman–Crippen MR) is 94.9 cm³/mol. The van der Waals surface area contributed by atoms with E-state index in [9.17, 15) is 0 Å². The smallest absolute Gasteiger partial charge is 0.537 e. The number of nitrogens with zero attached hydrogens (tertiary/aromatic N) is 1. The minimum absolute atomic E-state index is 0.656. The summed E-state index contributed by atoms with van der Waals surface area (Å²) < 4.78 is 7.37. The summed E-state index contributed by atoms with van der Waals surface area (Å²) in [6.45, 7) is 2.78. The second-order valence-electron chi connectivity index (χ2n) is 5.82. The van der Waals surface area contributed by atoms with E-state index in [4.69, 9.17) is 9.68 Å². The average Bonchev–Trinajstić information content (AvgIpc) is 2.99. The maximum absolute atomic E-state index is 8.93. The van der Waals surface area contributed by atoms with Gasteiger partial charge in [0.2, 0.25) is 5.69 Å². The lowest BCUT2D eigenvalue weighted by molar-refractivity contribution is -0.693. The van der Waals surface area contributed by atoms with E-state index in [-0.39, 0.29) is 0 Å². The van der Waals surface area contributed by atoms with Crippen LogP contribution < -0.4 is 9.22 Å². The zero-order valence-corrected chi connectivity index (χ0v) is 13.4. The van der Waals surface area contributed by atoms with E-state index < -0.39 is 0 Å². The number of H-pyrrole nitrogens is 1. The van der Waals surface area contributed by atoms with E-state index in [0.717, 1.165) is 30.0 Å². The monoisotopic (exact) mass is 316 g/mol. The van der Waals surface area contributed by atoms with Gasteiger partial charge in [0.25, 0.3) is 0 Å². The lowest BCUT2D eigenvalue weighted by Crippen LogP contribution is -2.37. The number of nitrogens with one attached hydrogen (secondary N) is 1. The summed E-state index contributed by atoms with van der Waals surface area (Å²) in [6, 6.07) is 18.2. The molecule has 2 heterocycles. The zero-order chi connectivity index (χ0) is 16.5. The molecule has 0 atom stereocenters. The van der Waals surface area contributed by atoms with Crippen LogP contribution in [-0.4, -0.2) is 17.7 Å². The van der Waals surface area contributed by atoms with Crippen molar-refractivity contribution in [3.05, 3.63) is 72.1 Å². The van der Waals surface area contributed by atoms with Gasteiger partial charge in [-0.2, -0.15) is 4.57 Å². The summed E-state index contributed by atoms with van der Waals surface area (Å²) in [4.78, 5) is 3.51. The van der Waals surface area contributed by atoms with Gasteiger partial charge in [-0.3, -0.25) is 0 Å². The molecule has 0 aliphatic carbocycles. The molecule has 0 aliphatic heterocycles. The molecular weight excluding hydrogens is 299 g/mol. The van der Waals surface area contributed by atoms with E-state index in [1.54, 1.807) is 0 Å². The molecule has 4 nitrogen and oxygen atoms in total. The van der Waals surface area contributed by atoms with Crippen molar-refractivity contribution >= 4 is 29.5 Å². The molecule has 2 aromatic carbocycles. The van der Waals surface area contributed by atoms with Crippen LogP contribution in [0, 0.1) is 6.92 Å². The number of hydrogen-bond donors (Lipinski definition) is 2. The number of aryl methyl sites for hydroxylation is 1. The fourth-order valence-corrected chi connectivity index (χ4v) is 3.20. The van der Waals surface area contributed by atoms with Gasteiger partial charge in [0.15, 0.2) is 12.7 Å². The molecular formula is C19H17BN2O2+. The van der Waals surface area contributed by atoms with E-state index >= 15 is 0 Å². The van der Waals surface area contributed by atoms with Crippen molar-refractivity contribution in [3.63, 3.8) is 0 Å². The van der Waals surface area contributed by atoms with E-state index in [0.29, 0.717) is 12.3 Å². The summed E-state index contributed by atoms with van der Waals surface area (Å²) in [6.07, 6.45) is 2.09. The molecule has 0 aliphatic rings. The molecule has 4 aromatic rings. The summed E-state index contributed by atoms with van der Waals surface area (Å²) in [5.74, 6) is 0.656. The third kappa shape index (κ3) is 2.43. The van der Waals surface area contributed by atoms with E-state index in [1.807, 2.05) is 30.3 Å². The summed E-state index contributed by atoms with van der Waals surface area (Å²) in [7, 11) is 0.719. The number of hydrogen-bond acceptors (Lipinski definition) is 2. The van der Waals surface area contributed by atoms with Crippen molar-refractivity contribution in [1.29, 1.82) is 0 Å². The molecule has 24 heavy (non-hydrogen) atoms. The molecule has 4 rings (SSSR count). The highest BCUT2D eigenvalue weighted by Crippen LogP contribution is 2.26. The highest BCUT2D eigenvalue weighted by atomic mass is 16.5. The SMILES string of the molecule is Cc1c2[nH]c3ccccc3c2cc[n+]1Cc1ccccc1O[B]O. The third-order valence-corrected chi connectivity index (χ3v) is 4.45.